The number of nitriles is 1. The number of carbonyl (C=O) groups is 1. The van der Waals surface area contributed by atoms with Crippen molar-refractivity contribution in [3.8, 4) is 6.07 Å². The molecule has 2 rings (SSSR count). The number of rotatable bonds is 3. The molecule has 0 fully saturated rings. The molecule has 0 aliphatic heterocycles. The summed E-state index contributed by atoms with van der Waals surface area (Å²) in [5.74, 6) is -0.0806. The van der Waals surface area contributed by atoms with Gasteiger partial charge in [-0.3, -0.25) is 4.79 Å². The van der Waals surface area contributed by atoms with Gasteiger partial charge >= 0.3 is 0 Å². The Labute approximate surface area is 118 Å². The van der Waals surface area contributed by atoms with Crippen LogP contribution in [0.4, 0.5) is 0 Å². The molecule has 0 saturated carbocycles. The molecule has 0 saturated heterocycles. The first-order valence-electron chi connectivity index (χ1n) is 6.45. The van der Waals surface area contributed by atoms with Gasteiger partial charge in [-0.05, 0) is 42.7 Å². The van der Waals surface area contributed by atoms with E-state index in [4.69, 9.17) is 5.26 Å². The Morgan fingerprint density at radius 2 is 1.80 bits per heavy atom. The van der Waals surface area contributed by atoms with E-state index in [2.05, 4.69) is 11.4 Å². The summed E-state index contributed by atoms with van der Waals surface area (Å²) in [5, 5.41) is 11.8. The molecule has 0 aromatic heterocycles. The van der Waals surface area contributed by atoms with E-state index in [1.807, 2.05) is 44.2 Å². The van der Waals surface area contributed by atoms with E-state index < -0.39 is 0 Å². The highest BCUT2D eigenvalue weighted by Crippen LogP contribution is 2.13. The summed E-state index contributed by atoms with van der Waals surface area (Å²) in [5.41, 5.74) is 4.18. The Balaban J connectivity index is 2.11. The Morgan fingerprint density at radius 3 is 2.45 bits per heavy atom. The number of carbonyl (C=O) groups excluding carboxylic acids is 1. The van der Waals surface area contributed by atoms with E-state index >= 15 is 0 Å². The fourth-order valence-corrected chi connectivity index (χ4v) is 2.19. The lowest BCUT2D eigenvalue weighted by Gasteiger charge is -2.10. The topological polar surface area (TPSA) is 52.9 Å². The zero-order valence-electron chi connectivity index (χ0n) is 11.6. The smallest absolute Gasteiger partial charge is 0.252 e. The number of aryl methyl sites for hydroxylation is 2. The van der Waals surface area contributed by atoms with E-state index in [9.17, 15) is 4.79 Å². The van der Waals surface area contributed by atoms with Crippen LogP contribution in [0.15, 0.2) is 42.5 Å². The van der Waals surface area contributed by atoms with Crippen molar-refractivity contribution in [2.24, 2.45) is 0 Å². The van der Waals surface area contributed by atoms with Gasteiger partial charge < -0.3 is 5.32 Å². The van der Waals surface area contributed by atoms with Crippen LogP contribution in [0.2, 0.25) is 0 Å². The first kappa shape index (κ1) is 13.8. The first-order valence-corrected chi connectivity index (χ1v) is 6.45. The maximum absolute atomic E-state index is 12.2. The van der Waals surface area contributed by atoms with Gasteiger partial charge in [-0.2, -0.15) is 5.26 Å². The lowest BCUT2D eigenvalue weighted by molar-refractivity contribution is 0.0949. The van der Waals surface area contributed by atoms with Gasteiger partial charge in [-0.1, -0.05) is 30.3 Å². The fourth-order valence-electron chi connectivity index (χ4n) is 2.19. The Hall–Kier alpha value is -2.60. The summed E-state index contributed by atoms with van der Waals surface area (Å²) in [7, 11) is 0. The van der Waals surface area contributed by atoms with Crippen molar-refractivity contribution in [2.75, 3.05) is 0 Å². The highest BCUT2D eigenvalue weighted by molar-refractivity contribution is 5.97. The van der Waals surface area contributed by atoms with Crippen molar-refractivity contribution in [1.29, 1.82) is 5.26 Å². The van der Waals surface area contributed by atoms with Crippen molar-refractivity contribution >= 4 is 5.91 Å². The largest absolute Gasteiger partial charge is 0.348 e. The highest BCUT2D eigenvalue weighted by Gasteiger charge is 2.11. The summed E-state index contributed by atoms with van der Waals surface area (Å²) in [6.45, 7) is 4.28. The molecule has 3 nitrogen and oxygen atoms in total. The molecule has 1 N–H and O–H groups in total. The van der Waals surface area contributed by atoms with Crippen LogP contribution in [-0.2, 0) is 6.54 Å². The molecular formula is C17H16N2O. The number of benzene rings is 2. The van der Waals surface area contributed by atoms with Crippen LogP contribution in [0.3, 0.4) is 0 Å². The number of nitrogens with one attached hydrogen (secondary N) is 1. The van der Waals surface area contributed by atoms with Gasteiger partial charge in [0.1, 0.15) is 0 Å². The van der Waals surface area contributed by atoms with Crippen LogP contribution in [0.1, 0.15) is 32.6 Å². The van der Waals surface area contributed by atoms with Crippen molar-refractivity contribution in [3.63, 3.8) is 0 Å². The lowest BCUT2D eigenvalue weighted by Crippen LogP contribution is -2.24. The van der Waals surface area contributed by atoms with Gasteiger partial charge in [-0.15, -0.1) is 0 Å². The third kappa shape index (κ3) is 3.04. The van der Waals surface area contributed by atoms with Crippen LogP contribution >= 0.6 is 0 Å². The quantitative estimate of drug-likeness (QED) is 0.926. The van der Waals surface area contributed by atoms with Gasteiger partial charge in [-0.25, -0.2) is 0 Å². The van der Waals surface area contributed by atoms with E-state index in [0.29, 0.717) is 12.1 Å². The molecule has 0 aliphatic carbocycles. The molecule has 0 heterocycles. The maximum atomic E-state index is 12.2. The normalized spacial score (nSPS) is 9.85. The van der Waals surface area contributed by atoms with Crippen molar-refractivity contribution in [3.05, 3.63) is 70.3 Å². The van der Waals surface area contributed by atoms with Crippen molar-refractivity contribution < 1.29 is 4.79 Å². The van der Waals surface area contributed by atoms with Crippen LogP contribution < -0.4 is 5.32 Å². The average Bonchev–Trinajstić information content (AvgIpc) is 2.45. The Kier molecular flexibility index (Phi) is 4.17. The second-order valence-corrected chi connectivity index (χ2v) is 4.76. The molecule has 0 aliphatic rings. The van der Waals surface area contributed by atoms with Gasteiger partial charge in [0.2, 0.25) is 0 Å². The van der Waals surface area contributed by atoms with Gasteiger partial charge in [0.05, 0.1) is 11.6 Å². The third-order valence-corrected chi connectivity index (χ3v) is 3.22. The first-order chi connectivity index (χ1) is 9.61. The number of hydrogen-bond donors (Lipinski definition) is 1. The van der Waals surface area contributed by atoms with Crippen LogP contribution in [0.25, 0.3) is 0 Å². The van der Waals surface area contributed by atoms with E-state index in [0.717, 1.165) is 22.3 Å². The van der Waals surface area contributed by atoms with Crippen LogP contribution in [0, 0.1) is 25.2 Å². The Bertz CT molecular complexity index is 663. The summed E-state index contributed by atoms with van der Waals surface area (Å²) >= 11 is 0. The third-order valence-electron chi connectivity index (χ3n) is 3.22. The summed E-state index contributed by atoms with van der Waals surface area (Å²) in [4.78, 5) is 12.2. The van der Waals surface area contributed by atoms with Gasteiger partial charge in [0.15, 0.2) is 0 Å². The standard InChI is InChI=1S/C17H16N2O/c1-12-5-3-6-13(2)16(12)17(20)19-11-15-8-4-7-14(9-15)10-18/h3-9H,11H2,1-2H3,(H,19,20). The fraction of sp³-hybridized carbons (Fsp3) is 0.176. The zero-order chi connectivity index (χ0) is 14.5. The minimum atomic E-state index is -0.0806. The molecule has 0 atom stereocenters. The summed E-state index contributed by atoms with van der Waals surface area (Å²) < 4.78 is 0. The molecule has 3 heteroatoms. The second-order valence-electron chi connectivity index (χ2n) is 4.76. The SMILES string of the molecule is Cc1cccc(C)c1C(=O)NCc1cccc(C#N)c1. The number of hydrogen-bond acceptors (Lipinski definition) is 2. The maximum Gasteiger partial charge on any atom is 0.252 e. The predicted octanol–water partition coefficient (Wildman–Crippen LogP) is 3.11. The summed E-state index contributed by atoms with van der Waals surface area (Å²) in [6, 6.07) is 15.1. The van der Waals surface area contributed by atoms with Crippen LogP contribution in [-0.4, -0.2) is 5.91 Å². The second kappa shape index (κ2) is 6.03. The predicted molar refractivity (Wildman–Crippen MR) is 78.2 cm³/mol. The minimum absolute atomic E-state index is 0.0806. The zero-order valence-corrected chi connectivity index (χ0v) is 11.6. The monoisotopic (exact) mass is 264 g/mol. The average molecular weight is 264 g/mol. The Morgan fingerprint density at radius 1 is 1.15 bits per heavy atom. The molecule has 0 unspecified atom stereocenters. The van der Waals surface area contributed by atoms with Gasteiger partial charge in [0, 0.05) is 12.1 Å². The van der Waals surface area contributed by atoms with Crippen molar-refractivity contribution in [2.45, 2.75) is 20.4 Å². The molecule has 0 spiro atoms. The molecular weight excluding hydrogens is 248 g/mol. The molecule has 2 aromatic carbocycles. The van der Waals surface area contributed by atoms with Gasteiger partial charge in [0.25, 0.3) is 5.91 Å². The molecule has 0 bridgehead atoms. The molecule has 0 radical (unpaired) electrons. The highest BCUT2D eigenvalue weighted by atomic mass is 16.1. The number of nitrogens with zero attached hydrogens (tertiary/aromatic N) is 1. The van der Waals surface area contributed by atoms with E-state index in [1.54, 1.807) is 12.1 Å². The summed E-state index contributed by atoms with van der Waals surface area (Å²) in [6.07, 6.45) is 0. The number of amides is 1. The van der Waals surface area contributed by atoms with Crippen molar-refractivity contribution in [1.82, 2.24) is 5.32 Å². The molecule has 2 aromatic rings. The van der Waals surface area contributed by atoms with E-state index in [1.165, 1.54) is 0 Å². The molecule has 1 amide bonds. The molecule has 20 heavy (non-hydrogen) atoms. The minimum Gasteiger partial charge on any atom is -0.348 e. The lowest BCUT2D eigenvalue weighted by atomic mass is 10.0. The molecule has 100 valence electrons. The van der Waals surface area contributed by atoms with E-state index in [-0.39, 0.29) is 5.91 Å². The van der Waals surface area contributed by atoms with Crippen LogP contribution in [0.5, 0.6) is 0 Å².